The summed E-state index contributed by atoms with van der Waals surface area (Å²) >= 11 is 0. The van der Waals surface area contributed by atoms with Crippen LogP contribution in [0.15, 0.2) is 0 Å². The van der Waals surface area contributed by atoms with E-state index in [0.717, 1.165) is 13.0 Å². The molecule has 0 aromatic heterocycles. The summed E-state index contributed by atoms with van der Waals surface area (Å²) in [6.45, 7) is 4.25. The molecule has 0 radical (unpaired) electrons. The number of hydrogen-bond donors (Lipinski definition) is 2. The molecule has 17 heavy (non-hydrogen) atoms. The van der Waals surface area contributed by atoms with Crippen molar-refractivity contribution >= 4 is 5.91 Å². The molecule has 0 aliphatic heterocycles. The first kappa shape index (κ1) is 16.3. The van der Waals surface area contributed by atoms with Crippen LogP contribution in [0.25, 0.3) is 0 Å². The van der Waals surface area contributed by atoms with Crippen LogP contribution in [0.1, 0.15) is 6.42 Å². The van der Waals surface area contributed by atoms with Gasteiger partial charge in [0, 0.05) is 47.0 Å². The standard InChI is InChI=1S/C11H25N3O3/c1-16-8-3-5-13-11(15)10-14(6-4-12)7-9-17-2/h3-10,12H2,1-2H3,(H,13,15). The Morgan fingerprint density at radius 1 is 1.24 bits per heavy atom. The largest absolute Gasteiger partial charge is 0.385 e. The van der Waals surface area contributed by atoms with Crippen molar-refractivity contribution in [3.8, 4) is 0 Å². The van der Waals surface area contributed by atoms with Gasteiger partial charge in [0.2, 0.25) is 5.91 Å². The lowest BCUT2D eigenvalue weighted by molar-refractivity contribution is -0.122. The van der Waals surface area contributed by atoms with Gasteiger partial charge in [-0.05, 0) is 6.42 Å². The van der Waals surface area contributed by atoms with Crippen molar-refractivity contribution in [2.24, 2.45) is 5.73 Å². The van der Waals surface area contributed by atoms with E-state index in [2.05, 4.69) is 5.32 Å². The number of nitrogens with one attached hydrogen (secondary N) is 1. The number of ether oxygens (including phenoxy) is 2. The predicted octanol–water partition coefficient (Wildman–Crippen LogP) is -0.954. The summed E-state index contributed by atoms with van der Waals surface area (Å²) in [6, 6.07) is 0. The predicted molar refractivity (Wildman–Crippen MR) is 66.9 cm³/mol. The van der Waals surface area contributed by atoms with Crippen LogP contribution in [0.4, 0.5) is 0 Å². The first-order chi connectivity index (χ1) is 8.24. The van der Waals surface area contributed by atoms with E-state index in [4.69, 9.17) is 15.2 Å². The highest BCUT2D eigenvalue weighted by Gasteiger charge is 2.08. The normalized spacial score (nSPS) is 10.8. The van der Waals surface area contributed by atoms with Crippen LogP contribution in [0, 0.1) is 0 Å². The van der Waals surface area contributed by atoms with E-state index in [1.54, 1.807) is 14.2 Å². The minimum Gasteiger partial charge on any atom is -0.385 e. The molecule has 3 N–H and O–H groups in total. The zero-order valence-electron chi connectivity index (χ0n) is 10.9. The molecular weight excluding hydrogens is 222 g/mol. The van der Waals surface area contributed by atoms with Crippen molar-refractivity contribution < 1.29 is 14.3 Å². The molecular formula is C11H25N3O3. The molecule has 0 saturated carbocycles. The van der Waals surface area contributed by atoms with Crippen molar-refractivity contribution in [1.29, 1.82) is 0 Å². The maximum atomic E-state index is 11.6. The number of methoxy groups -OCH3 is 2. The molecule has 0 spiro atoms. The van der Waals surface area contributed by atoms with Gasteiger partial charge in [-0.1, -0.05) is 0 Å². The first-order valence-corrected chi connectivity index (χ1v) is 5.91. The van der Waals surface area contributed by atoms with Crippen molar-refractivity contribution in [2.45, 2.75) is 6.42 Å². The van der Waals surface area contributed by atoms with Crippen LogP contribution >= 0.6 is 0 Å². The summed E-state index contributed by atoms with van der Waals surface area (Å²) in [5.74, 6) is 0.0191. The molecule has 0 aromatic rings. The molecule has 6 heteroatoms. The summed E-state index contributed by atoms with van der Waals surface area (Å²) in [6.07, 6.45) is 0.831. The Kier molecular flexibility index (Phi) is 11.3. The van der Waals surface area contributed by atoms with Gasteiger partial charge in [0.05, 0.1) is 13.2 Å². The van der Waals surface area contributed by atoms with Crippen LogP contribution in [0.3, 0.4) is 0 Å². The van der Waals surface area contributed by atoms with E-state index >= 15 is 0 Å². The van der Waals surface area contributed by atoms with Gasteiger partial charge in [-0.15, -0.1) is 0 Å². The van der Waals surface area contributed by atoms with Crippen LogP contribution in [0.2, 0.25) is 0 Å². The summed E-state index contributed by atoms with van der Waals surface area (Å²) in [4.78, 5) is 13.6. The van der Waals surface area contributed by atoms with Crippen molar-refractivity contribution in [2.75, 3.05) is 60.2 Å². The van der Waals surface area contributed by atoms with Gasteiger partial charge < -0.3 is 20.5 Å². The third-order valence-corrected chi connectivity index (χ3v) is 2.27. The van der Waals surface area contributed by atoms with Crippen LogP contribution < -0.4 is 11.1 Å². The lowest BCUT2D eigenvalue weighted by Crippen LogP contribution is -2.41. The average Bonchev–Trinajstić information content (AvgIpc) is 2.32. The van der Waals surface area contributed by atoms with Crippen LogP contribution in [-0.2, 0) is 14.3 Å². The summed E-state index contributed by atoms with van der Waals surface area (Å²) in [7, 11) is 3.29. The minimum absolute atomic E-state index is 0.0191. The van der Waals surface area contributed by atoms with Gasteiger partial charge >= 0.3 is 0 Å². The van der Waals surface area contributed by atoms with Crippen molar-refractivity contribution in [3.05, 3.63) is 0 Å². The maximum Gasteiger partial charge on any atom is 0.234 e. The van der Waals surface area contributed by atoms with Crippen LogP contribution in [-0.4, -0.2) is 71.0 Å². The lowest BCUT2D eigenvalue weighted by atomic mass is 10.4. The number of rotatable bonds is 11. The Balaban J connectivity index is 3.70. The molecule has 1 amide bonds. The number of nitrogens with two attached hydrogens (primary N) is 1. The molecule has 0 aromatic carbocycles. The Morgan fingerprint density at radius 3 is 2.53 bits per heavy atom. The third-order valence-electron chi connectivity index (χ3n) is 2.27. The highest BCUT2D eigenvalue weighted by Crippen LogP contribution is 1.88. The van der Waals surface area contributed by atoms with E-state index in [-0.39, 0.29) is 5.91 Å². The zero-order valence-corrected chi connectivity index (χ0v) is 10.9. The summed E-state index contributed by atoms with van der Waals surface area (Å²) < 4.78 is 9.88. The van der Waals surface area contributed by atoms with Gasteiger partial charge in [0.25, 0.3) is 0 Å². The number of carbonyl (C=O) groups excluding carboxylic acids is 1. The quantitative estimate of drug-likeness (QED) is 0.460. The number of carbonyl (C=O) groups is 1. The number of nitrogens with zero attached hydrogens (tertiary/aromatic N) is 1. The maximum absolute atomic E-state index is 11.6. The van der Waals surface area contributed by atoms with E-state index in [0.29, 0.717) is 39.4 Å². The van der Waals surface area contributed by atoms with Gasteiger partial charge in [-0.2, -0.15) is 0 Å². The molecule has 0 aliphatic rings. The van der Waals surface area contributed by atoms with Crippen molar-refractivity contribution in [1.82, 2.24) is 10.2 Å². The molecule has 0 fully saturated rings. The zero-order chi connectivity index (χ0) is 12.9. The molecule has 0 unspecified atom stereocenters. The fraction of sp³-hybridized carbons (Fsp3) is 0.909. The molecule has 0 aliphatic carbocycles. The minimum atomic E-state index is 0.0191. The summed E-state index contributed by atoms with van der Waals surface area (Å²) in [5.41, 5.74) is 5.49. The number of amides is 1. The Morgan fingerprint density at radius 2 is 1.94 bits per heavy atom. The molecule has 102 valence electrons. The van der Waals surface area contributed by atoms with Gasteiger partial charge in [-0.3, -0.25) is 9.69 Å². The number of hydrogen-bond acceptors (Lipinski definition) is 5. The van der Waals surface area contributed by atoms with Crippen LogP contribution in [0.5, 0.6) is 0 Å². The van der Waals surface area contributed by atoms with Crippen molar-refractivity contribution in [3.63, 3.8) is 0 Å². The SMILES string of the molecule is COCCCNC(=O)CN(CCN)CCOC. The Bertz CT molecular complexity index is 191. The van der Waals surface area contributed by atoms with Gasteiger partial charge in [0.15, 0.2) is 0 Å². The molecule has 0 heterocycles. The fourth-order valence-electron chi connectivity index (χ4n) is 1.38. The van der Waals surface area contributed by atoms with E-state index in [9.17, 15) is 4.79 Å². The Hall–Kier alpha value is -0.690. The highest BCUT2D eigenvalue weighted by molar-refractivity contribution is 5.77. The molecule has 0 saturated heterocycles. The topological polar surface area (TPSA) is 76.8 Å². The monoisotopic (exact) mass is 247 g/mol. The first-order valence-electron chi connectivity index (χ1n) is 5.91. The second-order valence-corrected chi connectivity index (χ2v) is 3.75. The second kappa shape index (κ2) is 11.8. The Labute approximate surface area is 103 Å². The van der Waals surface area contributed by atoms with Gasteiger partial charge in [-0.25, -0.2) is 0 Å². The van der Waals surface area contributed by atoms with E-state index in [1.807, 2.05) is 4.90 Å². The van der Waals surface area contributed by atoms with Gasteiger partial charge in [0.1, 0.15) is 0 Å². The molecule has 0 atom stereocenters. The highest BCUT2D eigenvalue weighted by atomic mass is 16.5. The molecule has 0 bridgehead atoms. The fourth-order valence-corrected chi connectivity index (χ4v) is 1.38. The van der Waals surface area contributed by atoms with E-state index in [1.165, 1.54) is 0 Å². The molecule has 0 rings (SSSR count). The summed E-state index contributed by atoms with van der Waals surface area (Å²) in [5, 5.41) is 2.84. The second-order valence-electron chi connectivity index (χ2n) is 3.75. The molecule has 6 nitrogen and oxygen atoms in total. The third kappa shape index (κ3) is 10.2. The lowest BCUT2D eigenvalue weighted by Gasteiger charge is -2.20. The average molecular weight is 247 g/mol. The smallest absolute Gasteiger partial charge is 0.234 e. The van der Waals surface area contributed by atoms with E-state index < -0.39 is 0 Å².